The van der Waals surface area contributed by atoms with Gasteiger partial charge in [0.1, 0.15) is 0 Å². The number of thioether (sulfide) groups is 1. The van der Waals surface area contributed by atoms with Crippen LogP contribution in [0.1, 0.15) is 33.9 Å². The number of aryl methyl sites for hydroxylation is 1. The Kier molecular flexibility index (Phi) is 6.24. The molecule has 2 aliphatic heterocycles. The van der Waals surface area contributed by atoms with Gasteiger partial charge in [-0.3, -0.25) is 9.79 Å². The Balaban J connectivity index is 1.26. The summed E-state index contributed by atoms with van der Waals surface area (Å²) in [6.45, 7) is 1.14. The molecule has 0 fully saturated rings. The van der Waals surface area contributed by atoms with E-state index in [1.54, 1.807) is 11.8 Å². The van der Waals surface area contributed by atoms with Gasteiger partial charge in [0, 0.05) is 24.7 Å². The highest BCUT2D eigenvalue weighted by Crippen LogP contribution is 2.37. The Morgan fingerprint density at radius 1 is 1.19 bits per heavy atom. The highest BCUT2D eigenvalue weighted by Gasteiger charge is 2.30. The Morgan fingerprint density at radius 3 is 2.71 bits per heavy atom. The van der Waals surface area contributed by atoms with Crippen molar-refractivity contribution in [2.75, 3.05) is 18.4 Å². The van der Waals surface area contributed by atoms with Gasteiger partial charge in [-0.2, -0.15) is 13.2 Å². The Hall–Kier alpha value is -2.52. The number of fused-ring (bicyclic) bond motifs is 1. The number of amides is 1. The highest BCUT2D eigenvalue weighted by molar-refractivity contribution is 8.14. The number of amidine groups is 1. The van der Waals surface area contributed by atoms with Crippen LogP contribution in [0.5, 0.6) is 0 Å². The molecule has 4 N–H and O–H groups in total. The number of rotatable bonds is 5. The third-order valence-corrected chi connectivity index (χ3v) is 6.55. The summed E-state index contributed by atoms with van der Waals surface area (Å²) in [5.74, 6) is 0.0537. The number of nitrogens with one attached hydrogen (secondary N) is 2. The summed E-state index contributed by atoms with van der Waals surface area (Å²) in [5, 5.41) is 7.17. The summed E-state index contributed by atoms with van der Waals surface area (Å²) in [4.78, 5) is 16.1. The van der Waals surface area contributed by atoms with E-state index >= 15 is 0 Å². The van der Waals surface area contributed by atoms with E-state index in [9.17, 15) is 18.0 Å². The molecule has 0 saturated heterocycles. The summed E-state index contributed by atoms with van der Waals surface area (Å²) in [5.41, 5.74) is 9.48. The lowest BCUT2D eigenvalue weighted by atomic mass is 9.99. The standard InChI is InChI=1S/C22H23F3N4OS/c23-22(24,25)16-5-1-13(2-6-16)9-17(26)11-27-21-28-12-19(31-21)15-3-7-18-14(10-15)4-8-20(30)29-18/h1-3,5-7,10,17,19H,4,8-9,11-12,26H2,(H,27,28)(H,29,30)/t17-,19?/m0/s1. The zero-order valence-corrected chi connectivity index (χ0v) is 17.5. The molecule has 164 valence electrons. The van der Waals surface area contributed by atoms with Crippen molar-refractivity contribution in [3.05, 3.63) is 64.7 Å². The van der Waals surface area contributed by atoms with Crippen LogP contribution in [-0.4, -0.2) is 30.2 Å². The van der Waals surface area contributed by atoms with E-state index in [0.29, 0.717) is 25.9 Å². The van der Waals surface area contributed by atoms with Crippen LogP contribution in [0.2, 0.25) is 0 Å². The van der Waals surface area contributed by atoms with Crippen LogP contribution < -0.4 is 16.4 Å². The number of carbonyl (C=O) groups excluding carboxylic acids is 1. The van der Waals surface area contributed by atoms with Gasteiger partial charge in [-0.15, -0.1) is 0 Å². The molecule has 2 aromatic carbocycles. The third-order valence-electron chi connectivity index (χ3n) is 5.35. The van der Waals surface area contributed by atoms with Crippen LogP contribution in [-0.2, 0) is 23.8 Å². The van der Waals surface area contributed by atoms with Crippen molar-refractivity contribution < 1.29 is 18.0 Å². The maximum atomic E-state index is 12.7. The normalized spacial score (nSPS) is 19.4. The Morgan fingerprint density at radius 2 is 1.97 bits per heavy atom. The Bertz CT molecular complexity index is 991. The number of alkyl halides is 3. The number of hydrogen-bond donors (Lipinski definition) is 3. The fourth-order valence-electron chi connectivity index (χ4n) is 3.67. The molecule has 2 atom stereocenters. The first-order valence-electron chi connectivity index (χ1n) is 10.1. The molecule has 2 aliphatic rings. The van der Waals surface area contributed by atoms with Crippen molar-refractivity contribution in [2.45, 2.75) is 36.7 Å². The predicted octanol–water partition coefficient (Wildman–Crippen LogP) is 3.89. The molecule has 0 spiro atoms. The van der Waals surface area contributed by atoms with E-state index in [1.165, 1.54) is 17.7 Å². The average Bonchev–Trinajstić information content (AvgIpc) is 3.21. The van der Waals surface area contributed by atoms with Gasteiger partial charge in [0.15, 0.2) is 5.17 Å². The summed E-state index contributed by atoms with van der Waals surface area (Å²) in [7, 11) is 0. The van der Waals surface area contributed by atoms with E-state index in [0.717, 1.165) is 40.5 Å². The van der Waals surface area contributed by atoms with Crippen LogP contribution in [0.15, 0.2) is 47.5 Å². The van der Waals surface area contributed by atoms with Gasteiger partial charge in [0.05, 0.1) is 17.4 Å². The zero-order valence-electron chi connectivity index (χ0n) is 16.7. The van der Waals surface area contributed by atoms with Crippen LogP contribution in [0.25, 0.3) is 0 Å². The third kappa shape index (κ3) is 5.40. The second-order valence-electron chi connectivity index (χ2n) is 7.76. The van der Waals surface area contributed by atoms with E-state index in [4.69, 9.17) is 5.73 Å². The molecule has 0 aromatic heterocycles. The van der Waals surface area contributed by atoms with Crippen molar-refractivity contribution in [3.63, 3.8) is 0 Å². The van der Waals surface area contributed by atoms with Crippen molar-refractivity contribution in [1.29, 1.82) is 0 Å². The van der Waals surface area contributed by atoms with Gasteiger partial charge in [0.25, 0.3) is 0 Å². The van der Waals surface area contributed by atoms with Crippen LogP contribution >= 0.6 is 11.8 Å². The fraction of sp³-hybridized carbons (Fsp3) is 0.364. The number of benzene rings is 2. The summed E-state index contributed by atoms with van der Waals surface area (Å²) >= 11 is 1.64. The number of aliphatic imine (C=N–C) groups is 1. The average molecular weight is 449 g/mol. The molecule has 0 aliphatic carbocycles. The molecule has 4 rings (SSSR count). The Labute approximate surface area is 182 Å². The summed E-state index contributed by atoms with van der Waals surface area (Å²) < 4.78 is 38.0. The van der Waals surface area contributed by atoms with Crippen LogP contribution in [0, 0.1) is 0 Å². The molecule has 0 saturated carbocycles. The lowest BCUT2D eigenvalue weighted by molar-refractivity contribution is -0.137. The van der Waals surface area contributed by atoms with E-state index in [2.05, 4.69) is 21.7 Å². The van der Waals surface area contributed by atoms with Gasteiger partial charge in [0.2, 0.25) is 5.91 Å². The summed E-state index contributed by atoms with van der Waals surface area (Å²) in [6.07, 6.45) is -2.60. The minimum absolute atomic E-state index is 0.0537. The predicted molar refractivity (Wildman–Crippen MR) is 117 cm³/mol. The zero-order chi connectivity index (χ0) is 22.0. The molecule has 9 heteroatoms. The van der Waals surface area contributed by atoms with Crippen LogP contribution in [0.3, 0.4) is 0 Å². The van der Waals surface area contributed by atoms with Gasteiger partial charge in [-0.25, -0.2) is 0 Å². The van der Waals surface area contributed by atoms with Crippen molar-refractivity contribution in [2.24, 2.45) is 10.7 Å². The SMILES string of the molecule is N[C@H](CNC1=NCC(c2ccc3c(c2)CCC(=O)N3)S1)Cc1ccc(C(F)(F)F)cc1. The molecule has 1 unspecified atom stereocenters. The second-order valence-corrected chi connectivity index (χ2v) is 8.95. The molecule has 0 bridgehead atoms. The van der Waals surface area contributed by atoms with E-state index in [1.807, 2.05) is 12.1 Å². The highest BCUT2D eigenvalue weighted by atomic mass is 32.2. The maximum absolute atomic E-state index is 12.7. The van der Waals surface area contributed by atoms with Gasteiger partial charge < -0.3 is 16.4 Å². The molecule has 5 nitrogen and oxygen atoms in total. The van der Waals surface area contributed by atoms with Crippen molar-refractivity contribution in [1.82, 2.24) is 5.32 Å². The topological polar surface area (TPSA) is 79.5 Å². The number of nitrogens with two attached hydrogens (primary N) is 1. The molecule has 0 radical (unpaired) electrons. The number of anilines is 1. The largest absolute Gasteiger partial charge is 0.416 e. The van der Waals surface area contributed by atoms with Gasteiger partial charge >= 0.3 is 6.18 Å². The maximum Gasteiger partial charge on any atom is 0.416 e. The minimum atomic E-state index is -4.33. The molecular formula is C22H23F3N4OS. The lowest BCUT2D eigenvalue weighted by Crippen LogP contribution is -2.37. The summed E-state index contributed by atoms with van der Waals surface area (Å²) in [6, 6.07) is 11.0. The lowest BCUT2D eigenvalue weighted by Gasteiger charge is -2.19. The monoisotopic (exact) mass is 448 g/mol. The van der Waals surface area contributed by atoms with Crippen LogP contribution in [0.4, 0.5) is 18.9 Å². The molecule has 1 amide bonds. The van der Waals surface area contributed by atoms with Gasteiger partial charge in [-0.05, 0) is 47.7 Å². The number of halogens is 3. The fourth-order valence-corrected chi connectivity index (χ4v) is 4.69. The molecule has 2 aromatic rings. The van der Waals surface area contributed by atoms with Gasteiger partial charge in [-0.1, -0.05) is 36.0 Å². The minimum Gasteiger partial charge on any atom is -0.363 e. The number of carbonyl (C=O) groups is 1. The first-order valence-corrected chi connectivity index (χ1v) is 11.0. The van der Waals surface area contributed by atoms with E-state index in [-0.39, 0.29) is 17.2 Å². The first-order chi connectivity index (χ1) is 14.8. The first kappa shape index (κ1) is 21.7. The molecule has 31 heavy (non-hydrogen) atoms. The second kappa shape index (κ2) is 8.92. The smallest absolute Gasteiger partial charge is 0.363 e. The molecule has 2 heterocycles. The van der Waals surface area contributed by atoms with Crippen molar-refractivity contribution in [3.8, 4) is 0 Å². The molecular weight excluding hydrogens is 425 g/mol. The number of hydrogen-bond acceptors (Lipinski definition) is 5. The van der Waals surface area contributed by atoms with E-state index < -0.39 is 11.7 Å². The quantitative estimate of drug-likeness (QED) is 0.648. The number of nitrogens with zero attached hydrogens (tertiary/aromatic N) is 1. The van der Waals surface area contributed by atoms with Crippen molar-refractivity contribution >= 4 is 28.5 Å².